The fourth-order valence-corrected chi connectivity index (χ4v) is 27.0. The third-order valence-corrected chi connectivity index (χ3v) is 37.5. The van der Waals surface area contributed by atoms with E-state index < -0.39 is 86.6 Å². The number of hydrogen-bond acceptors (Lipinski definition) is 15. The Labute approximate surface area is 532 Å². The minimum absolute atomic E-state index is 0.00877. The predicted molar refractivity (Wildman–Crippen MR) is 364 cm³/mol. The van der Waals surface area contributed by atoms with Crippen molar-refractivity contribution in [1.29, 1.82) is 0 Å². The van der Waals surface area contributed by atoms with E-state index in [4.69, 9.17) is 44.0 Å². The molecule has 20 heteroatoms. The van der Waals surface area contributed by atoms with Crippen LogP contribution in [-0.4, -0.2) is 113 Å². The molecular formula is C69H94N6O10Si4. The van der Waals surface area contributed by atoms with Gasteiger partial charge in [-0.05, 0) is 67.1 Å². The summed E-state index contributed by atoms with van der Waals surface area (Å²) >= 11 is 0. The molecule has 6 aromatic rings. The summed E-state index contributed by atoms with van der Waals surface area (Å²) in [6.07, 6.45) is -1.26. The molecule has 476 valence electrons. The minimum atomic E-state index is -2.98. The van der Waals surface area contributed by atoms with Gasteiger partial charge in [0.05, 0.1) is 19.5 Å². The van der Waals surface area contributed by atoms with E-state index in [1.54, 1.807) is 10.9 Å². The van der Waals surface area contributed by atoms with Gasteiger partial charge in [0.2, 0.25) is 12.2 Å². The van der Waals surface area contributed by atoms with Gasteiger partial charge in [0.25, 0.3) is 16.6 Å². The van der Waals surface area contributed by atoms with Crippen LogP contribution in [0.15, 0.2) is 128 Å². The number of nitrogen functional groups attached to an aromatic ring is 2. The van der Waals surface area contributed by atoms with E-state index in [0.29, 0.717) is 17.6 Å². The molecule has 2 unspecified atom stereocenters. The molecule has 2 aliphatic rings. The number of esters is 3. The first-order valence-corrected chi connectivity index (χ1v) is 40.5. The van der Waals surface area contributed by atoms with Gasteiger partial charge < -0.3 is 44.0 Å². The van der Waals surface area contributed by atoms with Crippen LogP contribution in [0.5, 0.6) is 0 Å². The Morgan fingerprint density at radius 3 is 1.27 bits per heavy atom. The van der Waals surface area contributed by atoms with Gasteiger partial charge in [-0.2, -0.15) is 9.97 Å². The molecule has 6 atom stereocenters. The number of ether oxygens (including phenoxy) is 5. The maximum atomic E-state index is 12.6. The summed E-state index contributed by atoms with van der Waals surface area (Å²) in [7, 11) is -9.72. The van der Waals surface area contributed by atoms with Crippen molar-refractivity contribution in [3.05, 3.63) is 128 Å². The predicted octanol–water partition coefficient (Wildman–Crippen LogP) is 10.8. The van der Waals surface area contributed by atoms with Crippen molar-refractivity contribution in [2.24, 2.45) is 0 Å². The van der Waals surface area contributed by atoms with Gasteiger partial charge in [-0.25, -0.2) is 4.98 Å². The summed E-state index contributed by atoms with van der Waals surface area (Å²) in [5.41, 5.74) is 18.2. The molecule has 8 rings (SSSR count). The highest BCUT2D eigenvalue weighted by atomic mass is 28.4. The number of carbonyl (C=O) groups excluding carboxylic acids is 3. The zero-order valence-corrected chi connectivity index (χ0v) is 59.0. The highest BCUT2D eigenvalue weighted by Crippen LogP contribution is 2.45. The minimum Gasteiger partial charge on any atom is -0.458 e. The monoisotopic (exact) mass is 1280 g/mol. The lowest BCUT2D eigenvalue weighted by molar-refractivity contribution is -0.201. The quantitative estimate of drug-likeness (QED) is 0.0315. The van der Waals surface area contributed by atoms with E-state index in [1.165, 1.54) is 20.8 Å². The zero-order chi connectivity index (χ0) is 65.1. The van der Waals surface area contributed by atoms with Crippen molar-refractivity contribution in [1.82, 2.24) is 19.5 Å². The molecule has 89 heavy (non-hydrogen) atoms. The van der Waals surface area contributed by atoms with Crippen LogP contribution in [-0.2, 0) is 46.9 Å². The van der Waals surface area contributed by atoms with Crippen molar-refractivity contribution in [2.75, 3.05) is 24.7 Å². The van der Waals surface area contributed by atoms with E-state index >= 15 is 0 Å². The van der Waals surface area contributed by atoms with Crippen LogP contribution in [0.25, 0.3) is 11.2 Å². The summed E-state index contributed by atoms with van der Waals surface area (Å²) in [6.45, 7) is 31.1. The van der Waals surface area contributed by atoms with Crippen LogP contribution in [0.2, 0.25) is 46.3 Å². The van der Waals surface area contributed by atoms with Crippen molar-refractivity contribution >= 4 is 94.4 Å². The van der Waals surface area contributed by atoms with Crippen LogP contribution >= 0.6 is 0 Å². The maximum Gasteiger partial charge on any atom is 0.305 e. The smallest absolute Gasteiger partial charge is 0.305 e. The Morgan fingerprint density at radius 2 is 0.910 bits per heavy atom. The topological polar surface area (TPSA) is 211 Å². The van der Waals surface area contributed by atoms with E-state index in [0.717, 1.165) is 57.0 Å². The van der Waals surface area contributed by atoms with E-state index in [9.17, 15) is 14.4 Å². The number of fused-ring (bicyclic) bond motifs is 1. The number of nitrogens with zero attached hydrogens (tertiary/aromatic N) is 4. The fraction of sp³-hybridized carbons (Fsp3) is 0.478. The maximum absolute atomic E-state index is 12.6. The van der Waals surface area contributed by atoms with Gasteiger partial charge in [0.15, 0.2) is 41.1 Å². The Kier molecular flexibility index (Phi) is 22.8. The third kappa shape index (κ3) is 15.4. The number of aromatic nitrogens is 4. The largest absolute Gasteiger partial charge is 0.458 e. The number of benzene rings is 4. The van der Waals surface area contributed by atoms with Gasteiger partial charge in [0.1, 0.15) is 21.7 Å². The van der Waals surface area contributed by atoms with Crippen LogP contribution in [0.1, 0.15) is 123 Å². The molecule has 0 spiro atoms. The standard InChI is InChI=1S/C36H48N6O4Si2.C33H46O6Si2/c1-8-47(9-2,10-3)22-21-36(24-44-48(35(5,6)7,27-17-13-11-14-18-27)28-19-15-12-16-20-28)23-29(45-26(4)43)33(46-36)42-25-39-30-31(37)40-34(38)41-32(30)42;1-9-40(10-2,11-3)23-22-33(24-30(37-26(4)34)31(39-33)38-27(5)35)25-36-41(32(6,7)8,28-18-14-12-15-19-28)29-20-16-13-17-21-29/h11-20,25,29,33H,8-10,23-24H2,1-7H3,(H4,37,38,40,41);12-21,30-31H,9-11,24-25H2,1-8H3/t29?,33-,36+;30?,31-,33-/m10/s1. The molecule has 2 aliphatic heterocycles. The van der Waals surface area contributed by atoms with Crippen LogP contribution in [0, 0.1) is 22.9 Å². The molecule has 4 N–H and O–H groups in total. The summed E-state index contributed by atoms with van der Waals surface area (Å²) in [6, 6.07) is 47.9. The molecule has 2 aromatic heterocycles. The second-order valence-electron chi connectivity index (χ2n) is 25.7. The lowest BCUT2D eigenvalue weighted by atomic mass is 10.0. The van der Waals surface area contributed by atoms with Gasteiger partial charge in [0, 0.05) is 33.6 Å². The van der Waals surface area contributed by atoms with Crippen LogP contribution in [0.3, 0.4) is 0 Å². The molecule has 4 aromatic carbocycles. The Hall–Kier alpha value is -6.73. The summed E-state index contributed by atoms with van der Waals surface area (Å²) < 4.78 is 47.1. The number of anilines is 2. The van der Waals surface area contributed by atoms with E-state index in [2.05, 4.69) is 194 Å². The molecule has 0 radical (unpaired) electrons. The van der Waals surface area contributed by atoms with Gasteiger partial charge in [-0.3, -0.25) is 19.0 Å². The van der Waals surface area contributed by atoms with Crippen molar-refractivity contribution in [2.45, 2.75) is 199 Å². The molecule has 0 bridgehead atoms. The summed E-state index contributed by atoms with van der Waals surface area (Å²) in [4.78, 5) is 49.6. The lowest BCUT2D eigenvalue weighted by Crippen LogP contribution is -2.67. The average molecular weight is 1280 g/mol. The van der Waals surface area contributed by atoms with Gasteiger partial charge in [-0.1, -0.05) is 216 Å². The number of hydrogen-bond donors (Lipinski definition) is 2. The van der Waals surface area contributed by atoms with Crippen molar-refractivity contribution < 1.29 is 46.9 Å². The SMILES string of the molecule is CC[Si](C#C[C@@]1(CO[Si](c2ccccc2)(c2ccccc2)C(C)(C)C)CC(OC(C)=O)[C@@H](OC(C)=O)O1)(CC)CC.CC[Si](C#C[C@@]1(CO[Si](c2ccccc2)(c2ccccc2)C(C)(C)C)CC(OC(C)=O)[C@H](n2cnc3c(N)nc(N)nc32)O1)(CC)CC. The Balaban J connectivity index is 0.000000257. The summed E-state index contributed by atoms with van der Waals surface area (Å²) in [5, 5.41) is 4.09. The highest BCUT2D eigenvalue weighted by molar-refractivity contribution is 7.00. The van der Waals surface area contributed by atoms with E-state index in [-0.39, 0.29) is 41.5 Å². The van der Waals surface area contributed by atoms with Crippen LogP contribution < -0.4 is 32.2 Å². The van der Waals surface area contributed by atoms with Gasteiger partial charge >= 0.3 is 17.9 Å². The highest BCUT2D eigenvalue weighted by Gasteiger charge is 2.57. The Morgan fingerprint density at radius 1 is 0.551 bits per heavy atom. The first-order chi connectivity index (χ1) is 42.2. The summed E-state index contributed by atoms with van der Waals surface area (Å²) in [5.74, 6) is 5.95. The number of imidazole rings is 1. The lowest BCUT2D eigenvalue weighted by Gasteiger charge is -2.44. The molecule has 0 aliphatic carbocycles. The van der Waals surface area contributed by atoms with Gasteiger partial charge in [-0.15, -0.1) is 11.1 Å². The third-order valence-electron chi connectivity index (χ3n) is 18.1. The molecule has 0 amide bonds. The molecule has 2 saturated heterocycles. The molecule has 4 heterocycles. The first kappa shape index (κ1) is 69.7. The average Bonchev–Trinajstić information content (AvgIpc) is 1.95. The second-order valence-corrected chi connectivity index (χ2v) is 44.1. The molecule has 2 fully saturated rings. The normalized spacial score (nSPS) is 20.5. The Bertz CT molecular complexity index is 3360. The zero-order valence-electron chi connectivity index (χ0n) is 55.0. The number of nitrogens with two attached hydrogens (primary N) is 2. The van der Waals surface area contributed by atoms with Crippen LogP contribution in [0.4, 0.5) is 11.8 Å². The van der Waals surface area contributed by atoms with Crippen molar-refractivity contribution in [3.8, 4) is 22.9 Å². The van der Waals surface area contributed by atoms with Crippen molar-refractivity contribution in [3.63, 3.8) is 0 Å². The first-order valence-electron chi connectivity index (χ1n) is 31.4. The molecule has 16 nitrogen and oxygen atoms in total. The fourth-order valence-electron chi connectivity index (χ4n) is 12.7. The second kappa shape index (κ2) is 29.0. The molecule has 0 saturated carbocycles. The van der Waals surface area contributed by atoms with E-state index in [1.807, 2.05) is 48.5 Å². The number of rotatable bonds is 20. The molecular weight excluding hydrogens is 1190 g/mol. The number of carbonyl (C=O) groups is 3.